The Hall–Kier alpha value is -1.59. The van der Waals surface area contributed by atoms with Gasteiger partial charge >= 0.3 is 5.76 Å². The molecule has 18 heavy (non-hydrogen) atoms. The molecule has 1 saturated heterocycles. The molecule has 0 bridgehead atoms. The van der Waals surface area contributed by atoms with Crippen molar-refractivity contribution in [3.63, 3.8) is 0 Å². The Morgan fingerprint density at radius 3 is 2.89 bits per heavy atom. The molecule has 0 spiro atoms. The van der Waals surface area contributed by atoms with Crippen molar-refractivity contribution in [3.05, 3.63) is 34.3 Å². The van der Waals surface area contributed by atoms with Crippen molar-refractivity contribution in [2.24, 2.45) is 7.05 Å². The second-order valence-corrected chi connectivity index (χ2v) is 4.83. The van der Waals surface area contributed by atoms with Crippen molar-refractivity contribution in [2.45, 2.75) is 19.0 Å². The van der Waals surface area contributed by atoms with E-state index in [9.17, 15) is 4.79 Å². The average Bonchev–Trinajstić information content (AvgIpc) is 2.65. The molecule has 2 unspecified atom stereocenters. The minimum atomic E-state index is -0.315. The van der Waals surface area contributed by atoms with E-state index in [1.165, 1.54) is 4.57 Å². The van der Waals surface area contributed by atoms with Gasteiger partial charge in [-0.1, -0.05) is 6.07 Å². The van der Waals surface area contributed by atoms with Gasteiger partial charge in [-0.3, -0.25) is 4.57 Å². The predicted molar refractivity (Wildman–Crippen MR) is 69.7 cm³/mol. The second kappa shape index (κ2) is 4.26. The van der Waals surface area contributed by atoms with Gasteiger partial charge in [0.05, 0.1) is 5.52 Å². The summed E-state index contributed by atoms with van der Waals surface area (Å²) in [6.07, 6.45) is 0. The fourth-order valence-corrected chi connectivity index (χ4v) is 2.57. The molecule has 0 amide bonds. The highest BCUT2D eigenvalue weighted by Crippen LogP contribution is 2.23. The third kappa shape index (κ3) is 1.76. The zero-order valence-corrected chi connectivity index (χ0v) is 10.6. The average molecular weight is 247 g/mol. The predicted octanol–water partition coefficient (Wildman–Crippen LogP) is 0.754. The summed E-state index contributed by atoms with van der Waals surface area (Å²) in [5.74, 6) is -0.315. The molecule has 96 valence electrons. The van der Waals surface area contributed by atoms with Crippen LogP contribution < -0.4 is 16.4 Å². The summed E-state index contributed by atoms with van der Waals surface area (Å²) in [4.78, 5) is 11.5. The Balaban J connectivity index is 2.05. The Kier molecular flexibility index (Phi) is 2.72. The van der Waals surface area contributed by atoms with Crippen LogP contribution >= 0.6 is 0 Å². The van der Waals surface area contributed by atoms with Crippen molar-refractivity contribution >= 4 is 11.1 Å². The van der Waals surface area contributed by atoms with E-state index in [0.717, 1.165) is 24.2 Å². The van der Waals surface area contributed by atoms with E-state index < -0.39 is 0 Å². The van der Waals surface area contributed by atoms with Gasteiger partial charge in [-0.15, -0.1) is 0 Å². The quantitative estimate of drug-likeness (QED) is 0.781. The van der Waals surface area contributed by atoms with E-state index in [2.05, 4.69) is 23.6 Å². The highest BCUT2D eigenvalue weighted by Gasteiger charge is 2.22. The summed E-state index contributed by atoms with van der Waals surface area (Å²) in [6.45, 7) is 4.09. The Bertz CT molecular complexity index is 629. The van der Waals surface area contributed by atoms with Crippen molar-refractivity contribution in [1.82, 2.24) is 15.2 Å². The number of aryl methyl sites for hydroxylation is 1. The SMILES string of the molecule is CC1NCCNC1c1ccc2c(c1)oc(=O)n2C. The highest BCUT2D eigenvalue weighted by molar-refractivity contribution is 5.73. The third-order valence-electron chi connectivity index (χ3n) is 3.63. The molecule has 2 heterocycles. The van der Waals surface area contributed by atoms with Crippen LogP contribution in [0.4, 0.5) is 0 Å². The molecule has 1 aliphatic heterocycles. The summed E-state index contributed by atoms with van der Waals surface area (Å²) in [7, 11) is 1.72. The zero-order valence-electron chi connectivity index (χ0n) is 10.6. The van der Waals surface area contributed by atoms with Crippen molar-refractivity contribution < 1.29 is 4.42 Å². The van der Waals surface area contributed by atoms with Crippen LogP contribution in [0.15, 0.2) is 27.4 Å². The van der Waals surface area contributed by atoms with Crippen LogP contribution in [0.1, 0.15) is 18.5 Å². The van der Waals surface area contributed by atoms with Gasteiger partial charge in [-0.2, -0.15) is 0 Å². The minimum absolute atomic E-state index is 0.258. The molecule has 3 rings (SSSR count). The summed E-state index contributed by atoms with van der Waals surface area (Å²) in [5, 5.41) is 6.92. The Morgan fingerprint density at radius 2 is 2.11 bits per heavy atom. The number of rotatable bonds is 1. The lowest BCUT2D eigenvalue weighted by Gasteiger charge is -2.31. The third-order valence-corrected chi connectivity index (χ3v) is 3.63. The number of piperazine rings is 1. The Morgan fingerprint density at radius 1 is 1.33 bits per heavy atom. The molecule has 2 N–H and O–H groups in total. The number of oxazole rings is 1. The largest absolute Gasteiger partial charge is 0.419 e. The van der Waals surface area contributed by atoms with Crippen molar-refractivity contribution in [1.29, 1.82) is 0 Å². The van der Waals surface area contributed by atoms with Crippen LogP contribution in [0.3, 0.4) is 0 Å². The van der Waals surface area contributed by atoms with Gasteiger partial charge < -0.3 is 15.1 Å². The lowest BCUT2D eigenvalue weighted by atomic mass is 9.98. The van der Waals surface area contributed by atoms with Gasteiger partial charge in [-0.05, 0) is 24.6 Å². The van der Waals surface area contributed by atoms with Gasteiger partial charge in [0.2, 0.25) is 0 Å². The van der Waals surface area contributed by atoms with Gasteiger partial charge in [0, 0.05) is 32.2 Å². The smallest absolute Gasteiger partial charge is 0.408 e. The van der Waals surface area contributed by atoms with Crippen LogP contribution in [-0.2, 0) is 7.05 Å². The topological polar surface area (TPSA) is 59.2 Å². The minimum Gasteiger partial charge on any atom is -0.408 e. The first kappa shape index (κ1) is 11.5. The normalized spacial score (nSPS) is 24.6. The number of aromatic nitrogens is 1. The molecule has 1 aromatic heterocycles. The summed E-state index contributed by atoms with van der Waals surface area (Å²) >= 11 is 0. The number of hydrogen-bond donors (Lipinski definition) is 2. The first-order valence-electron chi connectivity index (χ1n) is 6.23. The van der Waals surface area contributed by atoms with E-state index in [4.69, 9.17) is 4.42 Å². The zero-order chi connectivity index (χ0) is 12.7. The monoisotopic (exact) mass is 247 g/mol. The molecular formula is C13H17N3O2. The molecule has 2 aromatic rings. The van der Waals surface area contributed by atoms with E-state index in [1.54, 1.807) is 7.05 Å². The second-order valence-electron chi connectivity index (χ2n) is 4.83. The number of fused-ring (bicyclic) bond motifs is 1. The van der Waals surface area contributed by atoms with Crippen LogP contribution in [0.25, 0.3) is 11.1 Å². The van der Waals surface area contributed by atoms with E-state index >= 15 is 0 Å². The fourth-order valence-electron chi connectivity index (χ4n) is 2.57. The first-order chi connectivity index (χ1) is 8.66. The summed E-state index contributed by atoms with van der Waals surface area (Å²) < 4.78 is 6.75. The van der Waals surface area contributed by atoms with E-state index in [1.807, 2.05) is 12.1 Å². The number of nitrogens with zero attached hydrogens (tertiary/aromatic N) is 1. The molecule has 1 aliphatic rings. The van der Waals surface area contributed by atoms with Crippen molar-refractivity contribution in [3.8, 4) is 0 Å². The summed E-state index contributed by atoms with van der Waals surface area (Å²) in [5.41, 5.74) is 2.64. The van der Waals surface area contributed by atoms with E-state index in [0.29, 0.717) is 11.6 Å². The van der Waals surface area contributed by atoms with Crippen LogP contribution in [-0.4, -0.2) is 23.7 Å². The number of hydrogen-bond acceptors (Lipinski definition) is 4. The van der Waals surface area contributed by atoms with Crippen LogP contribution in [0.5, 0.6) is 0 Å². The molecule has 5 nitrogen and oxygen atoms in total. The molecule has 1 aromatic carbocycles. The highest BCUT2D eigenvalue weighted by atomic mass is 16.4. The van der Waals surface area contributed by atoms with Gasteiger partial charge in [0.15, 0.2) is 5.58 Å². The van der Waals surface area contributed by atoms with Gasteiger partial charge in [0.25, 0.3) is 0 Å². The number of benzene rings is 1. The molecule has 0 aliphatic carbocycles. The number of nitrogens with one attached hydrogen (secondary N) is 2. The van der Waals surface area contributed by atoms with E-state index in [-0.39, 0.29) is 11.8 Å². The Labute approximate surface area is 105 Å². The molecule has 0 radical (unpaired) electrons. The molecule has 2 atom stereocenters. The maximum absolute atomic E-state index is 11.5. The van der Waals surface area contributed by atoms with Gasteiger partial charge in [0.1, 0.15) is 0 Å². The van der Waals surface area contributed by atoms with Crippen LogP contribution in [0.2, 0.25) is 0 Å². The molecule has 1 fully saturated rings. The molecular weight excluding hydrogens is 230 g/mol. The van der Waals surface area contributed by atoms with Gasteiger partial charge in [-0.25, -0.2) is 4.79 Å². The standard InChI is InChI=1S/C13H17N3O2/c1-8-12(15-6-5-14-8)9-3-4-10-11(7-9)18-13(17)16(10)2/h3-4,7-8,12,14-15H,5-6H2,1-2H3. The lowest BCUT2D eigenvalue weighted by molar-refractivity contribution is 0.345. The molecule has 0 saturated carbocycles. The maximum atomic E-state index is 11.5. The maximum Gasteiger partial charge on any atom is 0.419 e. The lowest BCUT2D eigenvalue weighted by Crippen LogP contribution is -2.48. The first-order valence-corrected chi connectivity index (χ1v) is 6.23. The molecule has 5 heteroatoms. The van der Waals surface area contributed by atoms with Crippen LogP contribution in [0, 0.1) is 0 Å². The van der Waals surface area contributed by atoms with Crippen molar-refractivity contribution in [2.75, 3.05) is 13.1 Å². The summed E-state index contributed by atoms with van der Waals surface area (Å²) in [6, 6.07) is 6.58. The fraction of sp³-hybridized carbons (Fsp3) is 0.462.